The third-order valence-electron chi connectivity index (χ3n) is 3.53. The third-order valence-corrected chi connectivity index (χ3v) is 3.53. The molecule has 0 heterocycles. The highest BCUT2D eigenvalue weighted by atomic mass is 14.7. The van der Waals surface area contributed by atoms with Crippen LogP contribution in [0.2, 0.25) is 0 Å². The molecular formula is C18H33N. The number of nitrogens with zero attached hydrogens (tertiary/aromatic N) is 1. The molecule has 0 N–H and O–H groups in total. The molecule has 19 heavy (non-hydrogen) atoms. The summed E-state index contributed by atoms with van der Waals surface area (Å²) in [6.45, 7) is 10.6. The first-order valence-electron chi connectivity index (χ1n) is 8.14. The van der Waals surface area contributed by atoms with Gasteiger partial charge in [-0.05, 0) is 30.8 Å². The van der Waals surface area contributed by atoms with E-state index < -0.39 is 0 Å². The average Bonchev–Trinajstić information content (AvgIpc) is 2.43. The molecule has 0 spiro atoms. The zero-order valence-electron chi connectivity index (χ0n) is 13.3. The molecule has 0 amide bonds. The van der Waals surface area contributed by atoms with Crippen molar-refractivity contribution in [2.75, 3.05) is 0 Å². The van der Waals surface area contributed by atoms with Crippen LogP contribution in [0.25, 0.3) is 0 Å². The summed E-state index contributed by atoms with van der Waals surface area (Å²) in [6, 6.07) is 0. The minimum atomic E-state index is 0.657. The summed E-state index contributed by atoms with van der Waals surface area (Å²) in [5.74, 6) is 0.657. The van der Waals surface area contributed by atoms with Crippen LogP contribution in [-0.4, -0.2) is 6.21 Å². The summed E-state index contributed by atoms with van der Waals surface area (Å²) >= 11 is 0. The lowest BCUT2D eigenvalue weighted by Crippen LogP contribution is -2.03. The summed E-state index contributed by atoms with van der Waals surface area (Å²) in [4.78, 5) is 4.38. The Labute approximate surface area is 120 Å². The Morgan fingerprint density at radius 2 is 1.58 bits per heavy atom. The van der Waals surface area contributed by atoms with Gasteiger partial charge in [-0.25, -0.2) is 0 Å². The minimum absolute atomic E-state index is 0.657. The van der Waals surface area contributed by atoms with E-state index in [0.717, 1.165) is 6.42 Å². The van der Waals surface area contributed by atoms with E-state index in [9.17, 15) is 0 Å². The first-order valence-corrected chi connectivity index (χ1v) is 8.14. The Morgan fingerprint density at radius 1 is 1.00 bits per heavy atom. The Hall–Kier alpha value is -0.850. The molecule has 0 aromatic carbocycles. The fourth-order valence-corrected chi connectivity index (χ4v) is 2.33. The summed E-state index contributed by atoms with van der Waals surface area (Å²) in [6.07, 6.45) is 17.5. The minimum Gasteiger partial charge on any atom is -0.269 e. The van der Waals surface area contributed by atoms with Crippen LogP contribution in [0.5, 0.6) is 0 Å². The molecule has 110 valence electrons. The van der Waals surface area contributed by atoms with Crippen molar-refractivity contribution in [3.05, 3.63) is 24.4 Å². The van der Waals surface area contributed by atoms with Gasteiger partial charge in [-0.2, -0.15) is 0 Å². The van der Waals surface area contributed by atoms with Crippen molar-refractivity contribution in [3.63, 3.8) is 0 Å². The van der Waals surface area contributed by atoms with E-state index in [1.807, 2.05) is 18.5 Å². The smallest absolute Gasteiger partial charge is 0.0298 e. The monoisotopic (exact) mass is 263 g/mol. The van der Waals surface area contributed by atoms with E-state index in [-0.39, 0.29) is 0 Å². The topological polar surface area (TPSA) is 12.4 Å². The van der Waals surface area contributed by atoms with Gasteiger partial charge in [-0.3, -0.25) is 4.99 Å². The van der Waals surface area contributed by atoms with E-state index in [1.54, 1.807) is 0 Å². The summed E-state index contributed by atoms with van der Waals surface area (Å²) < 4.78 is 0. The summed E-state index contributed by atoms with van der Waals surface area (Å²) in [5, 5.41) is 0. The molecular weight excluding hydrogens is 230 g/mol. The van der Waals surface area contributed by atoms with Gasteiger partial charge in [-0.15, -0.1) is 0 Å². The van der Waals surface area contributed by atoms with Crippen molar-refractivity contribution in [2.24, 2.45) is 10.9 Å². The van der Waals surface area contributed by atoms with E-state index in [0.29, 0.717) is 5.92 Å². The van der Waals surface area contributed by atoms with Crippen molar-refractivity contribution in [3.8, 4) is 0 Å². The fraction of sp³-hybridized carbons (Fsp3) is 0.722. The number of unbranched alkanes of at least 4 members (excludes halogenated alkanes) is 4. The quantitative estimate of drug-likeness (QED) is 0.222. The highest BCUT2D eigenvalue weighted by Gasteiger charge is 2.11. The number of hydrogen-bond acceptors (Lipinski definition) is 1. The molecule has 0 saturated heterocycles. The number of hydrogen-bond donors (Lipinski definition) is 0. The molecule has 0 aromatic heterocycles. The van der Waals surface area contributed by atoms with E-state index in [4.69, 9.17) is 0 Å². The van der Waals surface area contributed by atoms with Crippen LogP contribution < -0.4 is 0 Å². The lowest BCUT2D eigenvalue weighted by Gasteiger charge is -2.17. The molecule has 0 aliphatic heterocycles. The van der Waals surface area contributed by atoms with Crippen LogP contribution in [0.3, 0.4) is 0 Å². The Balaban J connectivity index is 4.50. The normalized spacial score (nSPS) is 12.5. The van der Waals surface area contributed by atoms with Crippen molar-refractivity contribution < 1.29 is 0 Å². The van der Waals surface area contributed by atoms with Gasteiger partial charge in [0.25, 0.3) is 0 Å². The molecule has 0 saturated carbocycles. The van der Waals surface area contributed by atoms with Crippen LogP contribution in [0, 0.1) is 5.92 Å². The molecule has 0 atom stereocenters. The highest BCUT2D eigenvalue weighted by Crippen LogP contribution is 2.25. The van der Waals surface area contributed by atoms with E-state index in [2.05, 4.69) is 32.3 Å². The molecule has 1 heteroatoms. The predicted molar refractivity (Wildman–Crippen MR) is 88.8 cm³/mol. The van der Waals surface area contributed by atoms with Crippen LogP contribution in [0.4, 0.5) is 0 Å². The number of aliphatic imine (C=N–C) groups is 1. The van der Waals surface area contributed by atoms with Gasteiger partial charge in [0, 0.05) is 12.4 Å². The third kappa shape index (κ3) is 9.69. The molecule has 0 rings (SSSR count). The Bertz CT molecular complexity index is 253. The van der Waals surface area contributed by atoms with Crippen LogP contribution in [-0.2, 0) is 0 Å². The second-order valence-electron chi connectivity index (χ2n) is 5.26. The van der Waals surface area contributed by atoms with Crippen molar-refractivity contribution in [1.82, 2.24) is 0 Å². The highest BCUT2D eigenvalue weighted by molar-refractivity contribution is 5.57. The van der Waals surface area contributed by atoms with Crippen LogP contribution in [0.1, 0.15) is 78.6 Å². The Kier molecular flexibility index (Phi) is 13.0. The first-order chi connectivity index (χ1) is 9.29. The standard InChI is InChI=1S/C18H33N/c1-5-9-11-13-18(14-12-10-6-2)17(8-4)16-19-15-7-3/h8,15-16,18H,4-7,9-14H2,1-3H3/b17-16+,19-15?. The molecule has 0 fully saturated rings. The lowest BCUT2D eigenvalue weighted by atomic mass is 9.88. The molecule has 0 radical (unpaired) electrons. The van der Waals surface area contributed by atoms with Crippen molar-refractivity contribution in [2.45, 2.75) is 78.6 Å². The largest absolute Gasteiger partial charge is 0.269 e. The zero-order chi connectivity index (χ0) is 14.3. The van der Waals surface area contributed by atoms with Gasteiger partial charge in [-0.1, -0.05) is 72.0 Å². The van der Waals surface area contributed by atoms with Crippen LogP contribution >= 0.6 is 0 Å². The maximum Gasteiger partial charge on any atom is 0.0298 e. The number of allylic oxidation sites excluding steroid dienone is 2. The molecule has 1 nitrogen and oxygen atoms in total. The summed E-state index contributed by atoms with van der Waals surface area (Å²) in [7, 11) is 0. The summed E-state index contributed by atoms with van der Waals surface area (Å²) in [5.41, 5.74) is 1.33. The molecule has 0 aromatic rings. The fourth-order valence-electron chi connectivity index (χ4n) is 2.33. The number of rotatable bonds is 12. The van der Waals surface area contributed by atoms with Gasteiger partial charge in [0.1, 0.15) is 0 Å². The molecule has 0 aliphatic carbocycles. The molecule has 0 aliphatic rings. The van der Waals surface area contributed by atoms with Gasteiger partial charge in [0.15, 0.2) is 0 Å². The van der Waals surface area contributed by atoms with Gasteiger partial charge < -0.3 is 0 Å². The maximum atomic E-state index is 4.38. The van der Waals surface area contributed by atoms with Gasteiger partial charge in [0.05, 0.1) is 0 Å². The van der Waals surface area contributed by atoms with E-state index >= 15 is 0 Å². The van der Waals surface area contributed by atoms with E-state index in [1.165, 1.54) is 56.9 Å². The first kappa shape index (κ1) is 18.1. The zero-order valence-corrected chi connectivity index (χ0v) is 13.3. The molecule has 0 unspecified atom stereocenters. The SMILES string of the molecule is C=C/C(=C\N=CCC)C(CCCCC)CCCCC. The molecule has 0 bridgehead atoms. The van der Waals surface area contributed by atoms with Crippen molar-refractivity contribution >= 4 is 6.21 Å². The lowest BCUT2D eigenvalue weighted by molar-refractivity contribution is 0.468. The average molecular weight is 263 g/mol. The van der Waals surface area contributed by atoms with Gasteiger partial charge >= 0.3 is 0 Å². The second kappa shape index (κ2) is 13.6. The van der Waals surface area contributed by atoms with Crippen molar-refractivity contribution in [1.29, 1.82) is 0 Å². The van der Waals surface area contributed by atoms with Gasteiger partial charge in [0.2, 0.25) is 0 Å². The maximum absolute atomic E-state index is 4.38. The Morgan fingerprint density at radius 3 is 2.00 bits per heavy atom. The van der Waals surface area contributed by atoms with Crippen LogP contribution in [0.15, 0.2) is 29.4 Å². The second-order valence-corrected chi connectivity index (χ2v) is 5.26. The predicted octanol–water partition coefficient (Wildman–Crippen LogP) is 6.31.